The van der Waals surface area contributed by atoms with Crippen LogP contribution in [0.15, 0.2) is 48.5 Å². The van der Waals surface area contributed by atoms with Gasteiger partial charge in [-0.25, -0.2) is 4.79 Å². The first-order valence-electron chi connectivity index (χ1n) is 10.5. The molecule has 4 rings (SSSR count). The second-order valence-corrected chi connectivity index (χ2v) is 8.02. The van der Waals surface area contributed by atoms with Crippen molar-refractivity contribution in [2.24, 2.45) is 5.92 Å². The van der Waals surface area contributed by atoms with Crippen LogP contribution in [0.1, 0.15) is 29.9 Å². The Hall–Kier alpha value is -3.86. The number of carbonyl (C=O) groups is 3. The number of carbonyl (C=O) groups excluding carboxylic acids is 2. The topological polar surface area (TPSA) is 120 Å². The molecule has 0 saturated carbocycles. The summed E-state index contributed by atoms with van der Waals surface area (Å²) in [6.45, 7) is 0.658. The van der Waals surface area contributed by atoms with Crippen molar-refractivity contribution in [3.63, 3.8) is 0 Å². The Morgan fingerprint density at radius 2 is 1.75 bits per heavy atom. The number of hydrogen-bond acceptors (Lipinski definition) is 5. The molecule has 164 valence electrons. The van der Waals surface area contributed by atoms with Crippen molar-refractivity contribution in [3.8, 4) is 17.2 Å². The van der Waals surface area contributed by atoms with E-state index in [0.29, 0.717) is 13.0 Å². The third-order valence-electron chi connectivity index (χ3n) is 6.00. The number of amides is 2. The maximum Gasteiger partial charge on any atom is 0.407 e. The summed E-state index contributed by atoms with van der Waals surface area (Å²) in [7, 11) is 0. The second-order valence-electron chi connectivity index (χ2n) is 8.02. The lowest BCUT2D eigenvalue weighted by Gasteiger charge is -2.23. The van der Waals surface area contributed by atoms with Crippen LogP contribution < -0.4 is 5.32 Å². The summed E-state index contributed by atoms with van der Waals surface area (Å²) in [6.07, 6.45) is -0.869. The molecule has 1 heterocycles. The van der Waals surface area contributed by atoms with Gasteiger partial charge in [-0.05, 0) is 28.7 Å². The molecule has 32 heavy (non-hydrogen) atoms. The minimum Gasteiger partial charge on any atom is -0.481 e. The Morgan fingerprint density at radius 3 is 2.31 bits per heavy atom. The number of aliphatic carboxylic acids is 1. The van der Waals surface area contributed by atoms with Gasteiger partial charge in [-0.2, -0.15) is 5.26 Å². The molecule has 0 radical (unpaired) electrons. The fourth-order valence-corrected chi connectivity index (χ4v) is 4.44. The third kappa shape index (κ3) is 4.28. The van der Waals surface area contributed by atoms with Crippen LogP contribution in [0.25, 0.3) is 11.1 Å². The fourth-order valence-electron chi connectivity index (χ4n) is 4.44. The highest BCUT2D eigenvalue weighted by atomic mass is 16.5. The van der Waals surface area contributed by atoms with Gasteiger partial charge in [0.25, 0.3) is 0 Å². The molecule has 0 spiro atoms. The Morgan fingerprint density at radius 1 is 1.12 bits per heavy atom. The molecule has 1 aliphatic carbocycles. The SMILES string of the molecule is N#CC1CCN(C(=O)C(CC(=O)O)NC(=O)OCC2c3ccccc3-c3ccccc32)C1. The van der Waals surface area contributed by atoms with E-state index >= 15 is 0 Å². The summed E-state index contributed by atoms with van der Waals surface area (Å²) in [5.74, 6) is -2.15. The highest BCUT2D eigenvalue weighted by Crippen LogP contribution is 2.44. The van der Waals surface area contributed by atoms with E-state index < -0.39 is 30.4 Å². The smallest absolute Gasteiger partial charge is 0.407 e. The van der Waals surface area contributed by atoms with E-state index in [1.165, 1.54) is 4.90 Å². The van der Waals surface area contributed by atoms with Crippen LogP contribution in [0, 0.1) is 17.2 Å². The van der Waals surface area contributed by atoms with E-state index in [9.17, 15) is 19.5 Å². The highest BCUT2D eigenvalue weighted by molar-refractivity contribution is 5.89. The molecule has 8 nitrogen and oxygen atoms in total. The van der Waals surface area contributed by atoms with Crippen molar-refractivity contribution < 1.29 is 24.2 Å². The molecule has 2 amide bonds. The summed E-state index contributed by atoms with van der Waals surface area (Å²) in [6, 6.07) is 16.7. The first-order valence-corrected chi connectivity index (χ1v) is 10.5. The zero-order valence-electron chi connectivity index (χ0n) is 17.4. The Labute approximate surface area is 185 Å². The van der Waals surface area contributed by atoms with Gasteiger partial charge >= 0.3 is 12.1 Å². The number of carboxylic acids is 1. The Balaban J connectivity index is 1.42. The van der Waals surface area contributed by atoms with Gasteiger partial charge in [0.15, 0.2) is 0 Å². The van der Waals surface area contributed by atoms with Crippen LogP contribution in [-0.4, -0.2) is 53.7 Å². The first kappa shape index (κ1) is 21.4. The van der Waals surface area contributed by atoms with Crippen molar-refractivity contribution in [2.45, 2.75) is 24.8 Å². The maximum absolute atomic E-state index is 12.7. The number of nitriles is 1. The van der Waals surface area contributed by atoms with E-state index in [2.05, 4.69) is 11.4 Å². The average Bonchev–Trinajstić information content (AvgIpc) is 3.39. The van der Waals surface area contributed by atoms with Gasteiger partial charge in [0.2, 0.25) is 5.91 Å². The number of benzene rings is 2. The molecule has 0 aromatic heterocycles. The molecule has 2 unspecified atom stereocenters. The number of carboxylic acid groups (broad SMARTS) is 1. The number of hydrogen-bond donors (Lipinski definition) is 2. The molecule has 1 fully saturated rings. The molecule has 2 aromatic rings. The Bertz CT molecular complexity index is 1050. The van der Waals surface area contributed by atoms with Crippen LogP contribution >= 0.6 is 0 Å². The standard InChI is InChI=1S/C24H23N3O5/c25-12-15-9-10-27(13-15)23(30)21(11-22(28)29)26-24(31)32-14-20-18-7-3-1-5-16(18)17-6-2-4-8-19(17)20/h1-8,15,20-21H,9-11,13-14H2,(H,26,31)(H,28,29). The third-order valence-corrected chi connectivity index (χ3v) is 6.00. The van der Waals surface area contributed by atoms with Gasteiger partial charge in [0.1, 0.15) is 12.6 Å². The lowest BCUT2D eigenvalue weighted by atomic mass is 9.98. The number of ether oxygens (including phenoxy) is 1. The maximum atomic E-state index is 12.7. The normalized spacial score (nSPS) is 17.7. The molecular weight excluding hydrogens is 410 g/mol. The summed E-state index contributed by atoms with van der Waals surface area (Å²) in [5.41, 5.74) is 4.30. The quantitative estimate of drug-likeness (QED) is 0.723. The monoisotopic (exact) mass is 433 g/mol. The fraction of sp³-hybridized carbons (Fsp3) is 0.333. The highest BCUT2D eigenvalue weighted by Gasteiger charge is 2.34. The summed E-state index contributed by atoms with van der Waals surface area (Å²) >= 11 is 0. The number of nitrogens with zero attached hydrogens (tertiary/aromatic N) is 2. The van der Waals surface area contributed by atoms with Crippen molar-refractivity contribution >= 4 is 18.0 Å². The van der Waals surface area contributed by atoms with Gasteiger partial charge in [0, 0.05) is 19.0 Å². The van der Waals surface area contributed by atoms with E-state index in [1.54, 1.807) is 0 Å². The van der Waals surface area contributed by atoms with Crippen LogP contribution in [-0.2, 0) is 14.3 Å². The number of nitrogens with one attached hydrogen (secondary N) is 1. The van der Waals surface area contributed by atoms with Gasteiger partial charge in [-0.1, -0.05) is 48.5 Å². The molecular formula is C24H23N3O5. The Kier molecular flexibility index (Phi) is 6.08. The van der Waals surface area contributed by atoms with Crippen molar-refractivity contribution in [1.82, 2.24) is 10.2 Å². The number of likely N-dealkylation sites (tertiary alicyclic amines) is 1. The predicted molar refractivity (Wildman–Crippen MR) is 115 cm³/mol. The zero-order valence-corrected chi connectivity index (χ0v) is 17.4. The van der Waals surface area contributed by atoms with E-state index in [1.807, 2.05) is 48.5 Å². The lowest BCUT2D eigenvalue weighted by molar-refractivity contribution is -0.142. The molecule has 1 aliphatic heterocycles. The largest absolute Gasteiger partial charge is 0.481 e. The number of fused-ring (bicyclic) bond motifs is 3. The molecule has 2 aliphatic rings. The predicted octanol–water partition coefficient (Wildman–Crippen LogP) is 2.74. The minimum atomic E-state index is -1.25. The van der Waals surface area contributed by atoms with Gasteiger partial charge in [-0.15, -0.1) is 0 Å². The van der Waals surface area contributed by atoms with Gasteiger partial charge in [0.05, 0.1) is 18.4 Å². The molecule has 2 aromatic carbocycles. The van der Waals surface area contributed by atoms with Crippen molar-refractivity contribution in [3.05, 3.63) is 59.7 Å². The van der Waals surface area contributed by atoms with Crippen LogP contribution in [0.3, 0.4) is 0 Å². The number of rotatable bonds is 6. The van der Waals surface area contributed by atoms with Gasteiger partial charge < -0.3 is 20.1 Å². The molecule has 8 heteroatoms. The van der Waals surface area contributed by atoms with E-state index in [0.717, 1.165) is 22.3 Å². The van der Waals surface area contributed by atoms with Crippen LogP contribution in [0.4, 0.5) is 4.79 Å². The number of alkyl carbamates (subject to hydrolysis) is 1. The summed E-state index contributed by atoms with van der Waals surface area (Å²) < 4.78 is 5.44. The van der Waals surface area contributed by atoms with Crippen LogP contribution in [0.2, 0.25) is 0 Å². The molecule has 0 bridgehead atoms. The minimum absolute atomic E-state index is 0.0636. The van der Waals surface area contributed by atoms with Crippen molar-refractivity contribution in [2.75, 3.05) is 19.7 Å². The summed E-state index contributed by atoms with van der Waals surface area (Å²) in [5, 5.41) is 20.6. The van der Waals surface area contributed by atoms with Crippen LogP contribution in [0.5, 0.6) is 0 Å². The van der Waals surface area contributed by atoms with E-state index in [-0.39, 0.29) is 25.0 Å². The molecule has 2 N–H and O–H groups in total. The average molecular weight is 433 g/mol. The first-order chi connectivity index (χ1) is 15.5. The molecule has 1 saturated heterocycles. The molecule has 2 atom stereocenters. The second kappa shape index (κ2) is 9.10. The van der Waals surface area contributed by atoms with Gasteiger partial charge in [-0.3, -0.25) is 9.59 Å². The summed E-state index contributed by atoms with van der Waals surface area (Å²) in [4.78, 5) is 37.9. The zero-order chi connectivity index (χ0) is 22.7. The van der Waals surface area contributed by atoms with E-state index in [4.69, 9.17) is 10.00 Å². The van der Waals surface area contributed by atoms with Crippen molar-refractivity contribution in [1.29, 1.82) is 5.26 Å². The lowest BCUT2D eigenvalue weighted by Crippen LogP contribution is -2.49.